The van der Waals surface area contributed by atoms with Gasteiger partial charge in [0.15, 0.2) is 0 Å². The van der Waals surface area contributed by atoms with Crippen molar-refractivity contribution in [3.63, 3.8) is 0 Å². The normalized spacial score (nSPS) is 0. The summed E-state index contributed by atoms with van der Waals surface area (Å²) in [7, 11) is 0. The van der Waals surface area contributed by atoms with Gasteiger partial charge in [0.05, 0.1) is 0 Å². The molecule has 0 unspecified atom stereocenters. The van der Waals surface area contributed by atoms with E-state index in [9.17, 15) is 0 Å². The summed E-state index contributed by atoms with van der Waals surface area (Å²) in [6, 6.07) is 0. The summed E-state index contributed by atoms with van der Waals surface area (Å²) >= 11 is 0. The predicted molar refractivity (Wildman–Crippen MR) is 12.2 cm³/mol. The van der Waals surface area contributed by atoms with E-state index in [2.05, 4.69) is 0 Å². The Labute approximate surface area is 80.6 Å². The number of rotatable bonds is 0. The monoisotopic (exact) mass is 260 g/mol. The molecule has 0 spiro atoms. The molecule has 0 aliphatic heterocycles. The van der Waals surface area contributed by atoms with Crippen molar-refractivity contribution in [3.05, 3.63) is 7.43 Å². The van der Waals surface area contributed by atoms with Gasteiger partial charge in [-0.1, -0.05) is 0 Å². The van der Waals surface area contributed by atoms with Gasteiger partial charge in [-0.2, -0.15) is 0 Å². The molecule has 0 atom stereocenters. The van der Waals surface area contributed by atoms with E-state index in [4.69, 9.17) is 0 Å². The third kappa shape index (κ3) is 22.3. The maximum Gasteiger partial charge on any atom is 2.00 e. The number of hydrogen-bond acceptors (Lipinski definition) is 0. The molecule has 0 N–H and O–H groups in total. The van der Waals surface area contributed by atoms with Crippen LogP contribution in [0.4, 0.5) is 0 Å². The Morgan fingerprint density at radius 2 is 0.800 bits per heavy atom. The van der Waals surface area contributed by atoms with E-state index in [0.717, 1.165) is 0 Å². The van der Waals surface area contributed by atoms with Crippen molar-refractivity contribution in [1.82, 2.24) is 0 Å². The Morgan fingerprint density at radius 3 is 0.800 bits per heavy atom. The van der Waals surface area contributed by atoms with E-state index in [-0.39, 0.29) is 81.5 Å². The van der Waals surface area contributed by atoms with Crippen LogP contribution >= 0.6 is 0 Å². The molecular weight excluding hydrogens is 260 g/mol. The van der Waals surface area contributed by atoms with E-state index in [0.29, 0.717) is 0 Å². The molecule has 0 aromatic heterocycles. The first kappa shape index (κ1) is 56.0. The zero-order chi connectivity index (χ0) is 0. The minimum absolute atomic E-state index is 0. The van der Waals surface area contributed by atoms with Gasteiger partial charge in [-0.05, 0) is 0 Å². The van der Waals surface area contributed by atoms with Crippen LogP contribution in [0.1, 0.15) is 0 Å². The topological polar surface area (TPSA) is 0 Å². The van der Waals surface area contributed by atoms with Gasteiger partial charge < -0.3 is 41.4 Å². The van der Waals surface area contributed by atoms with Gasteiger partial charge in [-0.15, -0.1) is 0 Å². The van der Waals surface area contributed by atoms with Gasteiger partial charge in [0.1, 0.15) is 0 Å². The molecule has 0 aliphatic carbocycles. The van der Waals surface area contributed by atoms with Gasteiger partial charge in [-0.25, -0.2) is 0 Å². The van der Waals surface area contributed by atoms with Crippen LogP contribution in [0, 0.1) is 7.43 Å². The molecule has 0 saturated heterocycles. The quantitative estimate of drug-likeness (QED) is 0.301. The Morgan fingerprint density at radius 1 is 0.800 bits per heavy atom. The summed E-state index contributed by atoms with van der Waals surface area (Å²) in [4.78, 5) is 0. The van der Waals surface area contributed by atoms with E-state index in [1.807, 2.05) is 0 Å². The summed E-state index contributed by atoms with van der Waals surface area (Å²) in [5.41, 5.74) is 0. The minimum atomic E-state index is 0. The van der Waals surface area contributed by atoms with Crippen molar-refractivity contribution < 1.29 is 51.0 Å². The third-order valence-electron chi connectivity index (χ3n) is 0. The second-order valence-electron chi connectivity index (χ2n) is 0. The maximum atomic E-state index is 0. The van der Waals surface area contributed by atoms with Crippen LogP contribution in [0.25, 0.3) is 0 Å². The van der Waals surface area contributed by atoms with E-state index < -0.39 is 0 Å². The second-order valence-corrected chi connectivity index (χ2v) is 0. The summed E-state index contributed by atoms with van der Waals surface area (Å²) in [6.45, 7) is 0. The first-order valence-electron chi connectivity index (χ1n) is 0. The van der Waals surface area contributed by atoms with Crippen molar-refractivity contribution in [2.24, 2.45) is 0 Å². The number of halogens is 2. The zero-order valence-corrected chi connectivity index (χ0v) is 8.29. The van der Waals surface area contributed by atoms with Gasteiger partial charge in [0, 0.05) is 0 Å². The van der Waals surface area contributed by atoms with Crippen LogP contribution in [0.2, 0.25) is 0 Å². The fourth-order valence-electron chi connectivity index (χ4n) is 0. The van der Waals surface area contributed by atoms with E-state index >= 15 is 0 Å². The second kappa shape index (κ2) is 34.1. The van der Waals surface area contributed by atoms with Gasteiger partial charge in [0.25, 0.3) is 0 Å². The molecule has 0 saturated carbocycles. The molecule has 0 aromatic carbocycles. The van der Waals surface area contributed by atoms with Crippen LogP contribution in [-0.4, -0.2) is 23.1 Å². The van der Waals surface area contributed by atoms with Crippen molar-refractivity contribution in [2.75, 3.05) is 0 Å². The molecule has 0 bridgehead atoms. The Kier molecular flexibility index (Phi) is 382. The molecule has 0 aliphatic rings. The fraction of sp³-hybridized carbons (Fsp3) is 0. The van der Waals surface area contributed by atoms with Crippen LogP contribution in [0.5, 0.6) is 0 Å². The standard InChI is InChI=1S/CH3.2BrH.Cu.Mg/h1H3;2*1H;;/q-1;;;+1;+2/p-2. The SMILES string of the molecule is [Br-].[Br-].[CH3-].[Cu+].[Mg+2]. The largest absolute Gasteiger partial charge is 2.00 e. The molecule has 5 heavy (non-hydrogen) atoms. The molecular formula is CH3Br2CuMg. The average molecular weight is 263 g/mol. The maximum absolute atomic E-state index is 0. The predicted octanol–water partition coefficient (Wildman–Crippen LogP) is -5.93. The van der Waals surface area contributed by atoms with Crippen molar-refractivity contribution in [3.8, 4) is 0 Å². The first-order valence-corrected chi connectivity index (χ1v) is 0. The Hall–Kier alpha value is 2.25. The van der Waals surface area contributed by atoms with Crippen LogP contribution in [0.3, 0.4) is 0 Å². The van der Waals surface area contributed by atoms with Crippen molar-refractivity contribution in [1.29, 1.82) is 0 Å². The van der Waals surface area contributed by atoms with Crippen LogP contribution < -0.4 is 34.0 Å². The molecule has 0 fully saturated rings. The molecule has 0 aromatic rings. The Bertz CT molecular complexity index is 9.61. The number of hydrogen-bond donors (Lipinski definition) is 0. The van der Waals surface area contributed by atoms with E-state index in [1.165, 1.54) is 0 Å². The van der Waals surface area contributed by atoms with Gasteiger partial charge in [-0.3, -0.25) is 0 Å². The van der Waals surface area contributed by atoms with Crippen LogP contribution in [0.15, 0.2) is 0 Å². The molecule has 0 amide bonds. The van der Waals surface area contributed by atoms with E-state index in [1.54, 1.807) is 0 Å². The van der Waals surface area contributed by atoms with Crippen molar-refractivity contribution >= 4 is 23.1 Å². The molecule has 34 valence electrons. The average Bonchev–Trinajstić information content (AvgIpc) is 0. The summed E-state index contributed by atoms with van der Waals surface area (Å²) in [5, 5.41) is 0. The van der Waals surface area contributed by atoms with Gasteiger partial charge in [0.2, 0.25) is 0 Å². The molecule has 0 radical (unpaired) electrons. The van der Waals surface area contributed by atoms with Crippen LogP contribution in [-0.2, 0) is 17.1 Å². The molecule has 0 heterocycles. The summed E-state index contributed by atoms with van der Waals surface area (Å²) in [5.74, 6) is 0. The summed E-state index contributed by atoms with van der Waals surface area (Å²) < 4.78 is 0. The minimum Gasteiger partial charge on any atom is -1.00 e. The fourth-order valence-corrected chi connectivity index (χ4v) is 0. The van der Waals surface area contributed by atoms with Gasteiger partial charge >= 0.3 is 40.1 Å². The zero-order valence-electron chi connectivity index (χ0n) is 2.76. The summed E-state index contributed by atoms with van der Waals surface area (Å²) in [6.07, 6.45) is 0. The van der Waals surface area contributed by atoms with Crippen molar-refractivity contribution in [2.45, 2.75) is 0 Å². The first-order chi connectivity index (χ1) is 0. The molecule has 4 heteroatoms. The third-order valence-corrected chi connectivity index (χ3v) is 0. The smallest absolute Gasteiger partial charge is 1.00 e. The molecule has 0 rings (SSSR count). The molecule has 0 nitrogen and oxygen atoms in total. The Balaban J connectivity index is 0.